The molecular weight excluding hydrogens is 380 g/mol. The molecule has 0 spiro atoms. The Kier molecular flexibility index (Phi) is 6.03. The summed E-state index contributed by atoms with van der Waals surface area (Å²) in [7, 11) is 1.53. The van der Waals surface area contributed by atoms with Gasteiger partial charge in [0, 0.05) is 23.3 Å². The lowest BCUT2D eigenvalue weighted by atomic mass is 10.1. The van der Waals surface area contributed by atoms with Crippen molar-refractivity contribution in [2.24, 2.45) is 0 Å². The van der Waals surface area contributed by atoms with Crippen molar-refractivity contribution in [1.29, 1.82) is 0 Å². The van der Waals surface area contributed by atoms with Gasteiger partial charge in [-0.05, 0) is 37.3 Å². The van der Waals surface area contributed by atoms with Gasteiger partial charge in [0.1, 0.15) is 23.8 Å². The van der Waals surface area contributed by atoms with Crippen molar-refractivity contribution in [3.8, 4) is 22.8 Å². The first-order valence-electron chi connectivity index (χ1n) is 8.66. The molecule has 0 fully saturated rings. The number of esters is 1. The van der Waals surface area contributed by atoms with Crippen molar-refractivity contribution in [2.75, 3.05) is 13.7 Å². The van der Waals surface area contributed by atoms with Crippen LogP contribution in [0.1, 0.15) is 23.0 Å². The molecule has 10 nitrogen and oxygen atoms in total. The fourth-order valence-electron chi connectivity index (χ4n) is 2.64. The minimum Gasteiger partial charge on any atom is -0.496 e. The predicted molar refractivity (Wildman–Crippen MR) is 102 cm³/mol. The van der Waals surface area contributed by atoms with Crippen LogP contribution in [0.15, 0.2) is 42.5 Å². The van der Waals surface area contributed by atoms with Crippen molar-refractivity contribution in [1.82, 2.24) is 15.4 Å². The van der Waals surface area contributed by atoms with Crippen LogP contribution in [-0.4, -0.2) is 40.0 Å². The molecule has 1 aromatic heterocycles. The first kappa shape index (κ1) is 19.8. The molecule has 0 radical (unpaired) electrons. The number of aromatic nitrogens is 3. The molecule has 1 N–H and O–H groups in total. The van der Waals surface area contributed by atoms with Crippen molar-refractivity contribution in [3.05, 3.63) is 63.8 Å². The van der Waals surface area contributed by atoms with E-state index in [0.717, 1.165) is 0 Å². The number of rotatable bonds is 8. The Hall–Kier alpha value is -3.95. The number of H-pyrrole nitrogens is 1. The number of carbonyl (C=O) groups is 1. The molecule has 0 unspecified atom stereocenters. The van der Waals surface area contributed by atoms with Crippen molar-refractivity contribution < 1.29 is 23.9 Å². The maximum Gasteiger partial charge on any atom is 0.361 e. The SMILES string of the molecule is CCOC(=O)c1n[nH]nc1-c1ccc(OC)c(COc2ccc([N+](=O)[O-])cc2)c1. The normalized spacial score (nSPS) is 10.4. The number of non-ortho nitro benzene ring substituents is 1. The van der Waals surface area contributed by atoms with Gasteiger partial charge in [-0.15, -0.1) is 5.10 Å². The summed E-state index contributed by atoms with van der Waals surface area (Å²) in [4.78, 5) is 22.3. The maximum atomic E-state index is 12.1. The highest BCUT2D eigenvalue weighted by Gasteiger charge is 2.20. The molecule has 3 aromatic rings. The molecule has 0 aliphatic carbocycles. The van der Waals surface area contributed by atoms with Gasteiger partial charge < -0.3 is 14.2 Å². The van der Waals surface area contributed by atoms with Crippen molar-refractivity contribution in [3.63, 3.8) is 0 Å². The monoisotopic (exact) mass is 398 g/mol. The molecule has 0 aliphatic heterocycles. The Balaban J connectivity index is 1.83. The van der Waals surface area contributed by atoms with Gasteiger partial charge in [0.25, 0.3) is 5.69 Å². The third-order valence-corrected chi connectivity index (χ3v) is 4.01. The van der Waals surface area contributed by atoms with E-state index >= 15 is 0 Å². The first-order chi connectivity index (χ1) is 14.0. The Bertz CT molecular complexity index is 1020. The number of benzene rings is 2. The molecule has 0 bridgehead atoms. The largest absolute Gasteiger partial charge is 0.496 e. The number of carbonyl (C=O) groups excluding carboxylic acids is 1. The van der Waals surface area contributed by atoms with Gasteiger partial charge >= 0.3 is 5.97 Å². The second-order valence-corrected chi connectivity index (χ2v) is 5.81. The van der Waals surface area contributed by atoms with Gasteiger partial charge in [-0.3, -0.25) is 10.1 Å². The summed E-state index contributed by atoms with van der Waals surface area (Å²) in [5.41, 5.74) is 1.74. The number of hydrogen-bond acceptors (Lipinski definition) is 8. The Labute approximate surface area is 165 Å². The van der Waals surface area contributed by atoms with Crippen molar-refractivity contribution >= 4 is 11.7 Å². The standard InChI is InChI=1S/C19H18N4O6/c1-3-28-19(24)18-17(20-22-21-18)12-4-9-16(27-2)13(10-12)11-29-15-7-5-14(6-8-15)23(25)26/h4-10H,3,11H2,1-2H3,(H,20,21,22). The summed E-state index contributed by atoms with van der Waals surface area (Å²) in [6.45, 7) is 2.07. The van der Waals surface area contributed by atoms with Gasteiger partial charge in [0.2, 0.25) is 0 Å². The summed E-state index contributed by atoms with van der Waals surface area (Å²) >= 11 is 0. The quantitative estimate of drug-likeness (QED) is 0.348. The van der Waals surface area contributed by atoms with Gasteiger partial charge in [0.05, 0.1) is 18.6 Å². The van der Waals surface area contributed by atoms with Crippen LogP contribution in [0.3, 0.4) is 0 Å². The maximum absolute atomic E-state index is 12.1. The van der Waals surface area contributed by atoms with Crippen LogP contribution in [0, 0.1) is 10.1 Å². The molecule has 0 atom stereocenters. The highest BCUT2D eigenvalue weighted by molar-refractivity contribution is 5.94. The number of aromatic amines is 1. The van der Waals surface area contributed by atoms with Crippen molar-refractivity contribution in [2.45, 2.75) is 13.5 Å². The third kappa shape index (κ3) is 4.49. The van der Waals surface area contributed by atoms with E-state index in [4.69, 9.17) is 14.2 Å². The van der Waals surface area contributed by atoms with E-state index in [9.17, 15) is 14.9 Å². The second kappa shape index (κ2) is 8.83. The van der Waals surface area contributed by atoms with Gasteiger partial charge in [-0.25, -0.2) is 4.79 Å². The molecule has 3 rings (SSSR count). The highest BCUT2D eigenvalue weighted by Crippen LogP contribution is 2.28. The van der Waals surface area contributed by atoms with Crippen LogP contribution in [0.4, 0.5) is 5.69 Å². The zero-order valence-electron chi connectivity index (χ0n) is 15.7. The predicted octanol–water partition coefficient (Wildman–Crippen LogP) is 3.14. The Morgan fingerprint density at radius 2 is 1.93 bits per heavy atom. The van der Waals surface area contributed by atoms with Crippen LogP contribution in [-0.2, 0) is 11.3 Å². The topological polar surface area (TPSA) is 129 Å². The van der Waals surface area contributed by atoms with Crippen LogP contribution in [0.2, 0.25) is 0 Å². The Morgan fingerprint density at radius 1 is 1.17 bits per heavy atom. The molecule has 2 aromatic carbocycles. The molecule has 1 heterocycles. The minimum absolute atomic E-state index is 0.0190. The van der Waals surface area contributed by atoms with E-state index < -0.39 is 10.9 Å². The fourth-order valence-corrected chi connectivity index (χ4v) is 2.64. The molecule has 0 saturated carbocycles. The number of nitro groups is 1. The van der Waals surface area contributed by atoms with E-state index in [2.05, 4.69) is 15.4 Å². The number of methoxy groups -OCH3 is 1. The molecule has 29 heavy (non-hydrogen) atoms. The fraction of sp³-hybridized carbons (Fsp3) is 0.211. The van der Waals surface area contributed by atoms with E-state index in [1.807, 2.05) is 0 Å². The average molecular weight is 398 g/mol. The van der Waals surface area contributed by atoms with Crippen LogP contribution < -0.4 is 9.47 Å². The smallest absolute Gasteiger partial charge is 0.361 e. The lowest BCUT2D eigenvalue weighted by molar-refractivity contribution is -0.384. The van der Waals surface area contributed by atoms with E-state index in [0.29, 0.717) is 28.3 Å². The van der Waals surface area contributed by atoms with Crippen LogP contribution in [0.25, 0.3) is 11.3 Å². The molecule has 0 aliphatic rings. The van der Waals surface area contributed by atoms with Gasteiger partial charge in [-0.1, -0.05) is 0 Å². The molecule has 10 heteroatoms. The number of ether oxygens (including phenoxy) is 3. The number of nitro benzene ring substituents is 1. The minimum atomic E-state index is -0.573. The number of nitrogens with zero attached hydrogens (tertiary/aromatic N) is 3. The summed E-state index contributed by atoms with van der Waals surface area (Å²) in [5.74, 6) is 0.476. The van der Waals surface area contributed by atoms with Gasteiger partial charge in [0.15, 0.2) is 5.69 Å². The molecule has 0 amide bonds. The van der Waals surface area contributed by atoms with E-state index in [-0.39, 0.29) is 24.6 Å². The Morgan fingerprint density at radius 3 is 2.59 bits per heavy atom. The highest BCUT2D eigenvalue weighted by atomic mass is 16.6. The lowest BCUT2D eigenvalue weighted by Crippen LogP contribution is -2.07. The third-order valence-electron chi connectivity index (χ3n) is 4.01. The second-order valence-electron chi connectivity index (χ2n) is 5.81. The van der Waals surface area contributed by atoms with E-state index in [1.54, 1.807) is 25.1 Å². The summed E-state index contributed by atoms with van der Waals surface area (Å²) < 4.78 is 16.1. The van der Waals surface area contributed by atoms with Crippen LogP contribution >= 0.6 is 0 Å². The molecular formula is C19H18N4O6. The molecule has 0 saturated heterocycles. The summed E-state index contributed by atoms with van der Waals surface area (Å²) in [6.07, 6.45) is 0. The van der Waals surface area contributed by atoms with Crippen LogP contribution in [0.5, 0.6) is 11.5 Å². The average Bonchev–Trinajstić information content (AvgIpc) is 3.22. The summed E-state index contributed by atoms with van der Waals surface area (Å²) in [6, 6.07) is 11.0. The zero-order chi connectivity index (χ0) is 20.8. The zero-order valence-corrected chi connectivity index (χ0v) is 15.7. The van der Waals surface area contributed by atoms with E-state index in [1.165, 1.54) is 31.4 Å². The lowest BCUT2D eigenvalue weighted by Gasteiger charge is -2.12. The number of hydrogen-bond donors (Lipinski definition) is 1. The summed E-state index contributed by atoms with van der Waals surface area (Å²) in [5, 5.41) is 21.1. The van der Waals surface area contributed by atoms with Gasteiger partial charge in [-0.2, -0.15) is 10.3 Å². The first-order valence-corrected chi connectivity index (χ1v) is 8.66. The molecule has 150 valence electrons. The number of nitrogens with one attached hydrogen (secondary N) is 1.